The Balaban J connectivity index is 1.52. The molecule has 1 aliphatic heterocycles. The third-order valence-corrected chi connectivity index (χ3v) is 6.59. The summed E-state index contributed by atoms with van der Waals surface area (Å²) in [4.78, 5) is 2.21. The minimum atomic E-state index is 0.600. The molecule has 3 nitrogen and oxygen atoms in total. The lowest BCUT2D eigenvalue weighted by molar-refractivity contribution is 0.118. The van der Waals surface area contributed by atoms with E-state index in [2.05, 4.69) is 18.9 Å². The Hall–Kier alpha value is -1.22. The average Bonchev–Trinajstić information content (AvgIpc) is 2.71. The van der Waals surface area contributed by atoms with E-state index < -0.39 is 0 Å². The normalized spacial score (nSPS) is 16.5. The number of ether oxygens (including phenoxy) is 1. The first kappa shape index (κ1) is 21.5. The highest BCUT2D eigenvalue weighted by Gasteiger charge is 2.28. The maximum Gasteiger partial charge on any atom is 0.142 e. The summed E-state index contributed by atoms with van der Waals surface area (Å²) in [5, 5.41) is 11.0. The largest absolute Gasteiger partial charge is 0.507 e. The topological polar surface area (TPSA) is 32.7 Å². The molecule has 2 aliphatic rings. The highest BCUT2D eigenvalue weighted by molar-refractivity contribution is 5.60. The Morgan fingerprint density at radius 1 is 0.821 bits per heavy atom. The van der Waals surface area contributed by atoms with E-state index in [0.29, 0.717) is 12.5 Å². The minimum absolute atomic E-state index is 0.600. The molecule has 1 heterocycles. The number of hydrogen-bond acceptors (Lipinski definition) is 3. The monoisotopic (exact) mass is 387 g/mol. The molecule has 3 heteroatoms. The molecule has 1 aromatic rings. The summed E-state index contributed by atoms with van der Waals surface area (Å²) in [6.07, 6.45) is 19.0. The van der Waals surface area contributed by atoms with Gasteiger partial charge in [-0.05, 0) is 45.6 Å². The quantitative estimate of drug-likeness (QED) is 0.439. The van der Waals surface area contributed by atoms with Crippen LogP contribution in [0.25, 0.3) is 0 Å². The second-order valence-electron chi connectivity index (χ2n) is 9.02. The van der Waals surface area contributed by atoms with Gasteiger partial charge in [-0.1, -0.05) is 64.7 Å². The van der Waals surface area contributed by atoms with Crippen molar-refractivity contribution >= 4 is 0 Å². The Morgan fingerprint density at radius 2 is 1.43 bits per heavy atom. The maximum absolute atomic E-state index is 11.0. The Bertz CT molecular complexity index is 626. The van der Waals surface area contributed by atoms with Crippen LogP contribution in [0.2, 0.25) is 0 Å². The first-order chi connectivity index (χ1) is 13.7. The van der Waals surface area contributed by atoms with Crippen LogP contribution in [0.1, 0.15) is 106 Å². The van der Waals surface area contributed by atoms with Crippen molar-refractivity contribution in [3.63, 3.8) is 0 Å². The Morgan fingerprint density at radius 3 is 2.11 bits per heavy atom. The number of phenolic OH excluding ortho intramolecular Hbond substituents is 1. The summed E-state index contributed by atoms with van der Waals surface area (Å²) in [6.45, 7) is 3.85. The summed E-state index contributed by atoms with van der Waals surface area (Å²) >= 11 is 0. The summed E-state index contributed by atoms with van der Waals surface area (Å²) < 4.78 is 6.14. The van der Waals surface area contributed by atoms with Gasteiger partial charge in [0.15, 0.2) is 0 Å². The van der Waals surface area contributed by atoms with Crippen molar-refractivity contribution in [2.45, 2.75) is 110 Å². The number of benzene rings is 1. The van der Waals surface area contributed by atoms with E-state index in [9.17, 15) is 5.11 Å². The van der Waals surface area contributed by atoms with E-state index in [0.717, 1.165) is 31.6 Å². The Kier molecular flexibility index (Phi) is 8.51. The van der Waals surface area contributed by atoms with Gasteiger partial charge in [-0.2, -0.15) is 0 Å². The Labute approximate surface area is 172 Å². The average molecular weight is 388 g/mol. The number of unbranched alkanes of at least 4 members (excludes halogenated alkanes) is 9. The molecule has 158 valence electrons. The van der Waals surface area contributed by atoms with E-state index >= 15 is 0 Å². The van der Waals surface area contributed by atoms with Crippen molar-refractivity contribution < 1.29 is 9.84 Å². The van der Waals surface area contributed by atoms with Gasteiger partial charge >= 0.3 is 0 Å². The van der Waals surface area contributed by atoms with E-state index in [1.165, 1.54) is 99.3 Å². The molecule has 0 saturated carbocycles. The third-order valence-electron chi connectivity index (χ3n) is 6.59. The zero-order valence-electron chi connectivity index (χ0n) is 18.3. The van der Waals surface area contributed by atoms with Gasteiger partial charge in [0.1, 0.15) is 18.2 Å². The van der Waals surface area contributed by atoms with Gasteiger partial charge in [-0.15, -0.1) is 0 Å². The zero-order valence-corrected chi connectivity index (χ0v) is 18.3. The van der Waals surface area contributed by atoms with Crippen LogP contribution in [-0.4, -0.2) is 23.8 Å². The second-order valence-corrected chi connectivity index (χ2v) is 9.02. The lowest BCUT2D eigenvalue weighted by Crippen LogP contribution is -2.30. The number of phenols is 1. The van der Waals surface area contributed by atoms with Gasteiger partial charge in [-0.3, -0.25) is 4.90 Å². The van der Waals surface area contributed by atoms with Gasteiger partial charge in [0.25, 0.3) is 0 Å². The standard InChI is InChI=1S/C25H41NO2/c1-3-4-5-6-7-8-9-10-11-12-15-21-23-18-26(2)19-28-25(23)22-17-14-13-16-20(22)24(21)27/h27H,3-19H2,1-2H3. The van der Waals surface area contributed by atoms with Crippen LogP contribution in [0, 0.1) is 0 Å². The van der Waals surface area contributed by atoms with Gasteiger partial charge in [0.05, 0.1) is 0 Å². The molecule has 0 spiro atoms. The summed E-state index contributed by atoms with van der Waals surface area (Å²) in [6, 6.07) is 0. The maximum atomic E-state index is 11.0. The molecule has 28 heavy (non-hydrogen) atoms. The van der Waals surface area contributed by atoms with Gasteiger partial charge < -0.3 is 9.84 Å². The number of rotatable bonds is 11. The van der Waals surface area contributed by atoms with Crippen LogP contribution in [0.15, 0.2) is 0 Å². The molecule has 1 aromatic carbocycles. The minimum Gasteiger partial charge on any atom is -0.507 e. The molecule has 3 rings (SSSR count). The van der Waals surface area contributed by atoms with Crippen LogP contribution in [0.3, 0.4) is 0 Å². The van der Waals surface area contributed by atoms with Crippen molar-refractivity contribution in [2.24, 2.45) is 0 Å². The predicted octanol–water partition coefficient (Wildman–Crippen LogP) is 6.52. The van der Waals surface area contributed by atoms with Crippen LogP contribution >= 0.6 is 0 Å². The summed E-state index contributed by atoms with van der Waals surface area (Å²) in [7, 11) is 2.10. The molecular weight excluding hydrogens is 346 g/mol. The van der Waals surface area contributed by atoms with Crippen molar-refractivity contribution in [1.29, 1.82) is 0 Å². The molecule has 0 bridgehead atoms. The molecule has 0 aromatic heterocycles. The smallest absolute Gasteiger partial charge is 0.142 e. The fourth-order valence-electron chi connectivity index (χ4n) is 4.95. The molecule has 0 atom stereocenters. The van der Waals surface area contributed by atoms with Crippen molar-refractivity contribution in [3.05, 3.63) is 22.3 Å². The van der Waals surface area contributed by atoms with E-state index in [1.807, 2.05) is 0 Å². The number of nitrogens with zero attached hydrogens (tertiary/aromatic N) is 1. The number of fused-ring (bicyclic) bond motifs is 3. The highest BCUT2D eigenvalue weighted by Crippen LogP contribution is 2.44. The van der Waals surface area contributed by atoms with Crippen LogP contribution < -0.4 is 4.74 Å². The second kappa shape index (κ2) is 11.1. The predicted molar refractivity (Wildman–Crippen MR) is 117 cm³/mol. The molecule has 1 aliphatic carbocycles. The lowest BCUT2D eigenvalue weighted by Gasteiger charge is -2.32. The first-order valence-corrected chi connectivity index (χ1v) is 11.9. The van der Waals surface area contributed by atoms with Crippen LogP contribution in [-0.2, 0) is 25.8 Å². The molecular formula is C25H41NO2. The van der Waals surface area contributed by atoms with Crippen LogP contribution in [0.5, 0.6) is 11.5 Å². The molecule has 0 saturated heterocycles. The SMILES string of the molecule is CCCCCCCCCCCCc1c(O)c2c(c3c1CN(C)CO3)CCCC2. The summed E-state index contributed by atoms with van der Waals surface area (Å²) in [5.41, 5.74) is 4.94. The van der Waals surface area contributed by atoms with Crippen molar-refractivity contribution in [2.75, 3.05) is 13.8 Å². The van der Waals surface area contributed by atoms with Crippen LogP contribution in [0.4, 0.5) is 0 Å². The van der Waals surface area contributed by atoms with Crippen molar-refractivity contribution in [3.8, 4) is 11.5 Å². The fraction of sp³-hybridized carbons (Fsp3) is 0.760. The van der Waals surface area contributed by atoms with E-state index in [-0.39, 0.29) is 0 Å². The lowest BCUT2D eigenvalue weighted by atomic mass is 9.84. The van der Waals surface area contributed by atoms with E-state index in [1.54, 1.807) is 0 Å². The number of aromatic hydroxyl groups is 1. The van der Waals surface area contributed by atoms with Crippen molar-refractivity contribution in [1.82, 2.24) is 4.90 Å². The molecule has 0 radical (unpaired) electrons. The first-order valence-electron chi connectivity index (χ1n) is 11.9. The summed E-state index contributed by atoms with van der Waals surface area (Å²) in [5.74, 6) is 1.72. The van der Waals surface area contributed by atoms with E-state index in [4.69, 9.17) is 4.74 Å². The third kappa shape index (κ3) is 5.43. The molecule has 1 N–H and O–H groups in total. The molecule has 0 fully saturated rings. The van der Waals surface area contributed by atoms with Gasteiger partial charge in [0.2, 0.25) is 0 Å². The molecule has 0 amide bonds. The molecule has 0 unspecified atom stereocenters. The zero-order chi connectivity index (χ0) is 19.8. The van der Waals surface area contributed by atoms with Gasteiger partial charge in [0, 0.05) is 28.8 Å². The fourth-order valence-corrected chi connectivity index (χ4v) is 4.95. The highest BCUT2D eigenvalue weighted by atomic mass is 16.5. The van der Waals surface area contributed by atoms with Gasteiger partial charge in [-0.25, -0.2) is 0 Å². The number of hydrogen-bond donors (Lipinski definition) is 1.